The molecule has 0 radical (unpaired) electrons. The molecule has 0 amide bonds. The van der Waals surface area contributed by atoms with Gasteiger partial charge in [0.05, 0.1) is 0 Å². The molecular weight excluding hydrogens is 136 g/mol. The first-order valence-corrected chi connectivity index (χ1v) is 4.10. The Hall–Kier alpha value is -0.590. The normalized spacial score (nSPS) is 26.3. The maximum atomic E-state index is 11.4. The van der Waals surface area contributed by atoms with Gasteiger partial charge in [0.15, 0.2) is 0 Å². The average Bonchev–Trinajstić information content (AvgIpc) is 2.08. The first kappa shape index (κ1) is 8.51. The van der Waals surface area contributed by atoms with Crippen LogP contribution in [0.3, 0.4) is 0 Å². The van der Waals surface area contributed by atoms with E-state index in [0.717, 1.165) is 12.0 Å². The van der Waals surface area contributed by atoms with E-state index in [1.54, 1.807) is 0 Å². The highest BCUT2D eigenvalue weighted by atomic mass is 16.1. The molecule has 0 heterocycles. The van der Waals surface area contributed by atoms with Gasteiger partial charge in [-0.3, -0.25) is 4.79 Å². The maximum absolute atomic E-state index is 11.4. The number of allylic oxidation sites excluding steroid dienone is 1. The fraction of sp³-hybridized carbons (Fsp3) is 0.700. The lowest BCUT2D eigenvalue weighted by Crippen LogP contribution is -2.23. The topological polar surface area (TPSA) is 17.1 Å². The molecule has 1 saturated carbocycles. The second-order valence-corrected chi connectivity index (χ2v) is 4.52. The van der Waals surface area contributed by atoms with Gasteiger partial charge in [0.1, 0.15) is 5.78 Å². The molecule has 1 aliphatic carbocycles. The van der Waals surface area contributed by atoms with Crippen LogP contribution in [0.2, 0.25) is 0 Å². The van der Waals surface area contributed by atoms with Crippen LogP contribution < -0.4 is 0 Å². The standard InChI is InChI=1S/C10H16O/c1-7-5-8(9(11)6-7)10(2,3)4/h8H,1,5-6H2,2-4H3. The SMILES string of the molecule is C=C1CC(=O)C(C(C)(C)C)C1. The van der Waals surface area contributed by atoms with Crippen molar-refractivity contribution < 1.29 is 4.79 Å². The summed E-state index contributed by atoms with van der Waals surface area (Å²) in [5, 5.41) is 0. The molecule has 1 nitrogen and oxygen atoms in total. The third-order valence-electron chi connectivity index (χ3n) is 2.35. The van der Waals surface area contributed by atoms with Crippen LogP contribution in [0, 0.1) is 11.3 Å². The number of ketones is 1. The second-order valence-electron chi connectivity index (χ2n) is 4.52. The van der Waals surface area contributed by atoms with E-state index in [1.807, 2.05) is 0 Å². The Bertz CT molecular complexity index is 195. The Kier molecular flexibility index (Phi) is 1.91. The lowest BCUT2D eigenvalue weighted by Gasteiger charge is -2.24. The van der Waals surface area contributed by atoms with Crippen molar-refractivity contribution in [2.75, 3.05) is 0 Å². The molecular formula is C10H16O. The fourth-order valence-electron chi connectivity index (χ4n) is 1.63. The summed E-state index contributed by atoms with van der Waals surface area (Å²) in [5.74, 6) is 0.595. The predicted molar refractivity (Wildman–Crippen MR) is 46.3 cm³/mol. The molecule has 0 aromatic rings. The van der Waals surface area contributed by atoms with E-state index in [9.17, 15) is 4.79 Å². The summed E-state index contributed by atoms with van der Waals surface area (Å²) in [6.45, 7) is 10.2. The molecule has 1 heteroatoms. The fourth-order valence-corrected chi connectivity index (χ4v) is 1.63. The molecule has 62 valence electrons. The minimum Gasteiger partial charge on any atom is -0.299 e. The van der Waals surface area contributed by atoms with Crippen LogP contribution in [0.4, 0.5) is 0 Å². The summed E-state index contributed by atoms with van der Waals surface area (Å²) in [6.07, 6.45) is 1.52. The van der Waals surface area contributed by atoms with Crippen LogP contribution in [-0.2, 0) is 4.79 Å². The number of hydrogen-bond acceptors (Lipinski definition) is 1. The van der Waals surface area contributed by atoms with Crippen molar-refractivity contribution in [1.29, 1.82) is 0 Å². The van der Waals surface area contributed by atoms with E-state index in [0.29, 0.717) is 12.2 Å². The lowest BCUT2D eigenvalue weighted by atomic mass is 9.79. The van der Waals surface area contributed by atoms with Crippen LogP contribution in [0.25, 0.3) is 0 Å². The largest absolute Gasteiger partial charge is 0.299 e. The van der Waals surface area contributed by atoms with Gasteiger partial charge in [-0.25, -0.2) is 0 Å². The molecule has 0 spiro atoms. The summed E-state index contributed by atoms with van der Waals surface area (Å²) in [6, 6.07) is 0. The molecule has 1 aliphatic rings. The molecule has 0 saturated heterocycles. The van der Waals surface area contributed by atoms with Gasteiger partial charge in [0, 0.05) is 12.3 Å². The lowest BCUT2D eigenvalue weighted by molar-refractivity contribution is -0.123. The van der Waals surface area contributed by atoms with Crippen LogP contribution in [0.5, 0.6) is 0 Å². The zero-order valence-electron chi connectivity index (χ0n) is 7.61. The quantitative estimate of drug-likeness (QED) is 0.487. The van der Waals surface area contributed by atoms with Gasteiger partial charge >= 0.3 is 0 Å². The highest BCUT2D eigenvalue weighted by Crippen LogP contribution is 2.38. The van der Waals surface area contributed by atoms with E-state index >= 15 is 0 Å². The Morgan fingerprint density at radius 2 is 2.00 bits per heavy atom. The van der Waals surface area contributed by atoms with E-state index in [4.69, 9.17) is 0 Å². The molecule has 0 aromatic carbocycles. The van der Waals surface area contributed by atoms with Crippen LogP contribution in [0.15, 0.2) is 12.2 Å². The Labute approximate surface area is 68.5 Å². The van der Waals surface area contributed by atoms with Crippen molar-refractivity contribution in [3.63, 3.8) is 0 Å². The van der Waals surface area contributed by atoms with Crippen LogP contribution in [-0.4, -0.2) is 5.78 Å². The first-order chi connectivity index (χ1) is 4.91. The number of carbonyl (C=O) groups is 1. The molecule has 1 atom stereocenters. The smallest absolute Gasteiger partial charge is 0.140 e. The Balaban J connectivity index is 2.76. The maximum Gasteiger partial charge on any atom is 0.140 e. The third kappa shape index (κ3) is 1.70. The zero-order valence-corrected chi connectivity index (χ0v) is 7.61. The number of carbonyl (C=O) groups excluding carboxylic acids is 1. The third-order valence-corrected chi connectivity index (χ3v) is 2.35. The molecule has 0 aliphatic heterocycles. The molecule has 0 bridgehead atoms. The van der Waals surface area contributed by atoms with Gasteiger partial charge in [-0.05, 0) is 11.8 Å². The minimum atomic E-state index is 0.122. The van der Waals surface area contributed by atoms with Gasteiger partial charge in [-0.2, -0.15) is 0 Å². The van der Waals surface area contributed by atoms with Crippen molar-refractivity contribution in [3.05, 3.63) is 12.2 Å². The highest BCUT2D eigenvalue weighted by molar-refractivity contribution is 5.87. The van der Waals surface area contributed by atoms with E-state index in [2.05, 4.69) is 27.4 Å². The zero-order chi connectivity index (χ0) is 8.65. The number of hydrogen-bond donors (Lipinski definition) is 0. The second kappa shape index (κ2) is 2.47. The molecule has 0 aromatic heterocycles. The predicted octanol–water partition coefficient (Wildman–Crippen LogP) is 2.57. The summed E-state index contributed by atoms with van der Waals surface area (Å²) in [4.78, 5) is 11.4. The first-order valence-electron chi connectivity index (χ1n) is 4.10. The van der Waals surface area contributed by atoms with Crippen molar-refractivity contribution in [3.8, 4) is 0 Å². The highest BCUT2D eigenvalue weighted by Gasteiger charge is 2.35. The van der Waals surface area contributed by atoms with Crippen LogP contribution >= 0.6 is 0 Å². The van der Waals surface area contributed by atoms with E-state index in [1.165, 1.54) is 0 Å². The molecule has 1 fully saturated rings. The van der Waals surface area contributed by atoms with Gasteiger partial charge in [0.2, 0.25) is 0 Å². The van der Waals surface area contributed by atoms with Crippen molar-refractivity contribution in [1.82, 2.24) is 0 Å². The minimum absolute atomic E-state index is 0.122. The van der Waals surface area contributed by atoms with Gasteiger partial charge in [-0.1, -0.05) is 32.9 Å². The number of Topliss-reactive ketones (excluding diaryl/α,β-unsaturated/α-hetero) is 1. The number of rotatable bonds is 0. The molecule has 0 N–H and O–H groups in total. The van der Waals surface area contributed by atoms with Crippen molar-refractivity contribution in [2.45, 2.75) is 33.6 Å². The summed E-state index contributed by atoms with van der Waals surface area (Å²) in [7, 11) is 0. The summed E-state index contributed by atoms with van der Waals surface area (Å²) < 4.78 is 0. The average molecular weight is 152 g/mol. The van der Waals surface area contributed by atoms with E-state index < -0.39 is 0 Å². The summed E-state index contributed by atoms with van der Waals surface area (Å²) in [5.41, 5.74) is 1.23. The molecule has 11 heavy (non-hydrogen) atoms. The van der Waals surface area contributed by atoms with Crippen LogP contribution in [0.1, 0.15) is 33.6 Å². The van der Waals surface area contributed by atoms with E-state index in [-0.39, 0.29) is 11.3 Å². The summed E-state index contributed by atoms with van der Waals surface area (Å²) >= 11 is 0. The van der Waals surface area contributed by atoms with Crippen molar-refractivity contribution in [2.24, 2.45) is 11.3 Å². The van der Waals surface area contributed by atoms with Crippen molar-refractivity contribution >= 4 is 5.78 Å². The molecule has 1 rings (SSSR count). The van der Waals surface area contributed by atoms with Gasteiger partial charge in [0.25, 0.3) is 0 Å². The Morgan fingerprint density at radius 1 is 1.45 bits per heavy atom. The monoisotopic (exact) mass is 152 g/mol. The molecule has 1 unspecified atom stereocenters. The Morgan fingerprint density at radius 3 is 2.18 bits per heavy atom. The van der Waals surface area contributed by atoms with Gasteiger partial charge < -0.3 is 0 Å². The van der Waals surface area contributed by atoms with Gasteiger partial charge in [-0.15, -0.1) is 0 Å².